The molecule has 0 fully saturated rings. The third-order valence-corrected chi connectivity index (χ3v) is 2.59. The van der Waals surface area contributed by atoms with Gasteiger partial charge in [0.2, 0.25) is 0 Å². The van der Waals surface area contributed by atoms with Crippen molar-refractivity contribution in [3.8, 4) is 0 Å². The van der Waals surface area contributed by atoms with E-state index in [4.69, 9.17) is 16.6 Å². The maximum Gasteiger partial charge on any atom is 0.320 e. The Hall–Kier alpha value is -1.36. The fourth-order valence-corrected chi connectivity index (χ4v) is 1.36. The molecular formula is C12H23N3O2. The second-order valence-corrected chi connectivity index (χ2v) is 4.13. The normalized spacial score (nSPS) is 16.1. The molecule has 0 amide bonds. The minimum absolute atomic E-state index is 0.0422. The molecule has 0 aromatic heterocycles. The lowest BCUT2D eigenvalue weighted by Gasteiger charge is -2.14. The van der Waals surface area contributed by atoms with Crippen LogP contribution in [0.4, 0.5) is 0 Å². The predicted molar refractivity (Wildman–Crippen MR) is 69.9 cm³/mol. The van der Waals surface area contributed by atoms with Crippen molar-refractivity contribution in [1.29, 1.82) is 0 Å². The SMILES string of the molecule is CC=CCC(N)=NCCCC(C)[C@H](N)C(=O)O. The summed E-state index contributed by atoms with van der Waals surface area (Å²) in [5.74, 6) is -0.383. The number of carbonyl (C=O) groups is 1. The van der Waals surface area contributed by atoms with Gasteiger partial charge >= 0.3 is 5.97 Å². The molecular weight excluding hydrogens is 218 g/mol. The first-order valence-corrected chi connectivity index (χ1v) is 5.87. The zero-order valence-corrected chi connectivity index (χ0v) is 10.6. The molecule has 5 N–H and O–H groups in total. The molecule has 17 heavy (non-hydrogen) atoms. The number of amidine groups is 1. The van der Waals surface area contributed by atoms with Crippen molar-refractivity contribution in [2.75, 3.05) is 6.54 Å². The molecule has 0 saturated heterocycles. The van der Waals surface area contributed by atoms with Crippen molar-refractivity contribution in [3.63, 3.8) is 0 Å². The molecule has 0 saturated carbocycles. The van der Waals surface area contributed by atoms with Gasteiger partial charge in [-0.25, -0.2) is 0 Å². The standard InChI is InChI=1S/C12H23N3O2/c1-3-4-7-10(13)15-8-5-6-9(2)11(14)12(16)17/h3-4,9,11H,5-8,14H2,1-2H3,(H2,13,15)(H,16,17)/t9?,11-/m0/s1. The molecule has 0 aliphatic carbocycles. The molecule has 0 heterocycles. The molecule has 0 aromatic carbocycles. The first-order chi connectivity index (χ1) is 7.99. The average Bonchev–Trinajstić information content (AvgIpc) is 2.30. The van der Waals surface area contributed by atoms with Gasteiger partial charge in [0, 0.05) is 13.0 Å². The Balaban J connectivity index is 3.80. The monoisotopic (exact) mass is 241 g/mol. The Kier molecular flexibility index (Phi) is 8.05. The number of nitrogens with zero attached hydrogens (tertiary/aromatic N) is 1. The van der Waals surface area contributed by atoms with Gasteiger partial charge in [-0.2, -0.15) is 0 Å². The van der Waals surface area contributed by atoms with E-state index in [-0.39, 0.29) is 5.92 Å². The van der Waals surface area contributed by atoms with Gasteiger partial charge in [-0.1, -0.05) is 19.1 Å². The molecule has 0 aliphatic heterocycles. The highest BCUT2D eigenvalue weighted by molar-refractivity contribution is 5.81. The van der Waals surface area contributed by atoms with Crippen molar-refractivity contribution in [2.45, 2.75) is 39.2 Å². The Morgan fingerprint density at radius 1 is 1.53 bits per heavy atom. The maximum atomic E-state index is 10.6. The largest absolute Gasteiger partial charge is 0.480 e. The highest BCUT2D eigenvalue weighted by atomic mass is 16.4. The van der Waals surface area contributed by atoms with E-state index < -0.39 is 12.0 Å². The minimum Gasteiger partial charge on any atom is -0.480 e. The number of hydrogen-bond acceptors (Lipinski definition) is 3. The summed E-state index contributed by atoms with van der Waals surface area (Å²) in [6.07, 6.45) is 6.09. The number of aliphatic carboxylic acids is 1. The number of hydrogen-bond donors (Lipinski definition) is 3. The highest BCUT2D eigenvalue weighted by Gasteiger charge is 2.18. The van der Waals surface area contributed by atoms with Crippen LogP contribution in [0.15, 0.2) is 17.1 Å². The highest BCUT2D eigenvalue weighted by Crippen LogP contribution is 2.09. The molecule has 0 spiro atoms. The molecule has 0 aromatic rings. The van der Waals surface area contributed by atoms with Gasteiger partial charge in [0.1, 0.15) is 6.04 Å². The van der Waals surface area contributed by atoms with Crippen LogP contribution in [-0.2, 0) is 4.79 Å². The molecule has 1 unspecified atom stereocenters. The van der Waals surface area contributed by atoms with Gasteiger partial charge in [0.25, 0.3) is 0 Å². The number of nitrogens with two attached hydrogens (primary N) is 2. The van der Waals surface area contributed by atoms with E-state index in [1.807, 2.05) is 26.0 Å². The first-order valence-electron chi connectivity index (χ1n) is 5.87. The molecule has 2 atom stereocenters. The van der Waals surface area contributed by atoms with Crippen LogP contribution in [0.5, 0.6) is 0 Å². The van der Waals surface area contributed by atoms with Crippen molar-refractivity contribution < 1.29 is 9.90 Å². The van der Waals surface area contributed by atoms with Gasteiger partial charge in [-0.3, -0.25) is 9.79 Å². The summed E-state index contributed by atoms with van der Waals surface area (Å²) in [6, 6.07) is -0.792. The number of carboxylic acid groups (broad SMARTS) is 1. The molecule has 98 valence electrons. The summed E-state index contributed by atoms with van der Waals surface area (Å²) in [4.78, 5) is 14.8. The zero-order chi connectivity index (χ0) is 13.3. The Morgan fingerprint density at radius 3 is 2.71 bits per heavy atom. The van der Waals surface area contributed by atoms with Gasteiger partial charge in [0.05, 0.1) is 5.84 Å². The summed E-state index contributed by atoms with van der Waals surface area (Å²) in [6.45, 7) is 4.40. The molecule has 0 rings (SSSR count). The van der Waals surface area contributed by atoms with Crippen LogP contribution >= 0.6 is 0 Å². The van der Waals surface area contributed by atoms with Gasteiger partial charge < -0.3 is 16.6 Å². The second kappa shape index (κ2) is 8.75. The van der Waals surface area contributed by atoms with E-state index in [2.05, 4.69) is 4.99 Å². The van der Waals surface area contributed by atoms with Crippen molar-refractivity contribution in [1.82, 2.24) is 0 Å². The van der Waals surface area contributed by atoms with Crippen molar-refractivity contribution in [3.05, 3.63) is 12.2 Å². The topological polar surface area (TPSA) is 102 Å². The van der Waals surface area contributed by atoms with Crippen LogP contribution < -0.4 is 11.5 Å². The number of carboxylic acids is 1. The van der Waals surface area contributed by atoms with Crippen LogP contribution in [-0.4, -0.2) is 29.5 Å². The Bertz CT molecular complexity index is 287. The zero-order valence-electron chi connectivity index (χ0n) is 10.6. The van der Waals surface area contributed by atoms with Crippen LogP contribution in [0.25, 0.3) is 0 Å². The van der Waals surface area contributed by atoms with Crippen LogP contribution in [0.3, 0.4) is 0 Å². The Labute approximate surface area is 103 Å². The minimum atomic E-state index is -0.950. The van der Waals surface area contributed by atoms with E-state index in [1.165, 1.54) is 0 Å². The van der Waals surface area contributed by atoms with Crippen LogP contribution in [0, 0.1) is 5.92 Å². The van der Waals surface area contributed by atoms with Gasteiger partial charge in [-0.05, 0) is 25.7 Å². The molecule has 0 radical (unpaired) electrons. The fraction of sp³-hybridized carbons (Fsp3) is 0.667. The van der Waals surface area contributed by atoms with E-state index in [0.29, 0.717) is 18.8 Å². The summed E-state index contributed by atoms with van der Waals surface area (Å²) >= 11 is 0. The number of aliphatic imine (C=N–C) groups is 1. The van der Waals surface area contributed by atoms with E-state index in [1.54, 1.807) is 0 Å². The summed E-state index contributed by atoms with van der Waals surface area (Å²) < 4.78 is 0. The summed E-state index contributed by atoms with van der Waals surface area (Å²) in [7, 11) is 0. The smallest absolute Gasteiger partial charge is 0.320 e. The lowest BCUT2D eigenvalue weighted by atomic mass is 9.97. The van der Waals surface area contributed by atoms with E-state index in [0.717, 1.165) is 12.8 Å². The second-order valence-electron chi connectivity index (χ2n) is 4.13. The predicted octanol–water partition coefficient (Wildman–Crippen LogP) is 1.14. The van der Waals surface area contributed by atoms with Crippen LogP contribution in [0.2, 0.25) is 0 Å². The third kappa shape index (κ3) is 7.52. The number of allylic oxidation sites excluding steroid dienone is 1. The van der Waals surface area contributed by atoms with Crippen LogP contribution in [0.1, 0.15) is 33.1 Å². The summed E-state index contributed by atoms with van der Waals surface area (Å²) in [5.41, 5.74) is 11.2. The lowest BCUT2D eigenvalue weighted by Crippen LogP contribution is -2.36. The summed E-state index contributed by atoms with van der Waals surface area (Å²) in [5, 5.41) is 8.71. The first kappa shape index (κ1) is 15.6. The third-order valence-electron chi connectivity index (χ3n) is 2.59. The fourth-order valence-electron chi connectivity index (χ4n) is 1.36. The van der Waals surface area contributed by atoms with Gasteiger partial charge in [-0.15, -0.1) is 0 Å². The van der Waals surface area contributed by atoms with Crippen molar-refractivity contribution >= 4 is 11.8 Å². The van der Waals surface area contributed by atoms with Gasteiger partial charge in [0.15, 0.2) is 0 Å². The lowest BCUT2D eigenvalue weighted by molar-refractivity contribution is -0.139. The van der Waals surface area contributed by atoms with E-state index >= 15 is 0 Å². The number of rotatable bonds is 8. The van der Waals surface area contributed by atoms with Crippen molar-refractivity contribution in [2.24, 2.45) is 22.4 Å². The molecule has 5 nitrogen and oxygen atoms in total. The van der Waals surface area contributed by atoms with E-state index in [9.17, 15) is 4.79 Å². The average molecular weight is 241 g/mol. The quantitative estimate of drug-likeness (QED) is 0.256. The maximum absolute atomic E-state index is 10.6. The Morgan fingerprint density at radius 2 is 2.18 bits per heavy atom. The molecule has 0 bridgehead atoms. The molecule has 0 aliphatic rings. The molecule has 5 heteroatoms.